The van der Waals surface area contributed by atoms with Crippen LogP contribution in [-0.4, -0.2) is 23.1 Å². The Morgan fingerprint density at radius 3 is 2.78 bits per heavy atom. The molecule has 0 spiro atoms. The summed E-state index contributed by atoms with van der Waals surface area (Å²) in [6, 6.07) is 1.88. The van der Waals surface area contributed by atoms with Gasteiger partial charge in [-0.15, -0.1) is 0 Å². The summed E-state index contributed by atoms with van der Waals surface area (Å²) in [5.41, 5.74) is 0. The van der Waals surface area contributed by atoms with Gasteiger partial charge in [0.05, 0.1) is 6.61 Å². The summed E-state index contributed by atoms with van der Waals surface area (Å²) < 4.78 is 5.60. The van der Waals surface area contributed by atoms with E-state index in [1.165, 1.54) is 0 Å². The molecule has 0 aliphatic carbocycles. The van der Waals surface area contributed by atoms with Crippen molar-refractivity contribution in [2.45, 2.75) is 47.0 Å². The Labute approximate surface area is 110 Å². The van der Waals surface area contributed by atoms with Gasteiger partial charge in [0, 0.05) is 12.6 Å². The van der Waals surface area contributed by atoms with E-state index in [1.807, 2.05) is 13.0 Å². The Bertz CT molecular complexity index is 353. The molecule has 0 saturated heterocycles. The van der Waals surface area contributed by atoms with Crippen molar-refractivity contribution < 1.29 is 4.74 Å². The van der Waals surface area contributed by atoms with E-state index in [4.69, 9.17) is 4.74 Å². The van der Waals surface area contributed by atoms with Crippen LogP contribution >= 0.6 is 0 Å². The number of aryl methyl sites for hydroxylation is 1. The maximum absolute atomic E-state index is 5.60. The molecule has 102 valence electrons. The molecule has 0 aromatic carbocycles. The molecule has 18 heavy (non-hydrogen) atoms. The van der Waals surface area contributed by atoms with E-state index in [-0.39, 0.29) is 0 Å². The number of aromatic nitrogens is 2. The topological polar surface area (TPSA) is 47.0 Å². The molecule has 0 bridgehead atoms. The molecule has 1 rings (SSSR count). The van der Waals surface area contributed by atoms with Gasteiger partial charge in [-0.2, -0.15) is 4.98 Å². The number of ether oxygens (including phenoxy) is 1. The fourth-order valence-electron chi connectivity index (χ4n) is 1.51. The van der Waals surface area contributed by atoms with Crippen LogP contribution in [0.25, 0.3) is 0 Å². The third-order valence-electron chi connectivity index (χ3n) is 2.59. The Morgan fingerprint density at radius 2 is 2.11 bits per heavy atom. The minimum absolute atomic E-state index is 0.669. The third kappa shape index (κ3) is 5.84. The first kappa shape index (κ1) is 14.7. The number of hydrogen-bond acceptors (Lipinski definition) is 4. The molecule has 0 aliphatic rings. The van der Waals surface area contributed by atoms with Gasteiger partial charge < -0.3 is 10.1 Å². The normalized spacial score (nSPS) is 10.7. The summed E-state index contributed by atoms with van der Waals surface area (Å²) in [5, 5.41) is 3.32. The third-order valence-corrected chi connectivity index (χ3v) is 2.59. The van der Waals surface area contributed by atoms with Gasteiger partial charge in [0.25, 0.3) is 0 Å². The molecule has 1 aromatic rings. The zero-order valence-electron chi connectivity index (χ0n) is 12.0. The van der Waals surface area contributed by atoms with Crippen LogP contribution in [0, 0.1) is 12.8 Å². The fraction of sp³-hybridized carbons (Fsp3) is 0.714. The summed E-state index contributed by atoms with van der Waals surface area (Å²) in [4.78, 5) is 8.63. The Kier molecular flexibility index (Phi) is 6.47. The van der Waals surface area contributed by atoms with Crippen LogP contribution in [0.5, 0.6) is 5.88 Å². The van der Waals surface area contributed by atoms with E-state index >= 15 is 0 Å². The van der Waals surface area contributed by atoms with Crippen LogP contribution in [0.2, 0.25) is 0 Å². The van der Waals surface area contributed by atoms with Crippen LogP contribution in [0.1, 0.15) is 45.9 Å². The molecule has 0 saturated carbocycles. The molecule has 0 radical (unpaired) electrons. The lowest BCUT2D eigenvalue weighted by Gasteiger charge is -2.10. The quantitative estimate of drug-likeness (QED) is 0.719. The van der Waals surface area contributed by atoms with Gasteiger partial charge in [0.2, 0.25) is 5.88 Å². The molecule has 1 aromatic heterocycles. The summed E-state index contributed by atoms with van der Waals surface area (Å²) in [7, 11) is 0. The molecule has 0 atom stereocenters. The van der Waals surface area contributed by atoms with E-state index in [0.717, 1.165) is 44.1 Å². The lowest BCUT2D eigenvalue weighted by Crippen LogP contribution is -2.08. The molecule has 4 heteroatoms. The number of unbranched alkanes of at least 4 members (excludes halogenated alkanes) is 1. The molecule has 0 amide bonds. The van der Waals surface area contributed by atoms with Gasteiger partial charge in [-0.05, 0) is 25.7 Å². The first-order valence-corrected chi connectivity index (χ1v) is 6.84. The number of rotatable bonds is 8. The van der Waals surface area contributed by atoms with E-state index in [0.29, 0.717) is 11.8 Å². The van der Waals surface area contributed by atoms with Crippen LogP contribution in [0.4, 0.5) is 5.82 Å². The SMILES string of the molecule is CCCCOc1cc(NCCC(C)C)nc(C)n1. The van der Waals surface area contributed by atoms with Crippen molar-refractivity contribution in [3.05, 3.63) is 11.9 Å². The van der Waals surface area contributed by atoms with Crippen LogP contribution < -0.4 is 10.1 Å². The molecular formula is C14H25N3O. The lowest BCUT2D eigenvalue weighted by atomic mass is 10.1. The van der Waals surface area contributed by atoms with Crippen LogP contribution in [0.3, 0.4) is 0 Å². The van der Waals surface area contributed by atoms with Crippen molar-refractivity contribution in [1.82, 2.24) is 9.97 Å². The standard InChI is InChI=1S/C14H25N3O/c1-5-6-9-18-14-10-13(16-12(4)17-14)15-8-7-11(2)3/h10-11H,5-9H2,1-4H3,(H,15,16,17). The van der Waals surface area contributed by atoms with Crippen LogP contribution in [0.15, 0.2) is 6.07 Å². The molecule has 0 fully saturated rings. The largest absolute Gasteiger partial charge is 0.478 e. The van der Waals surface area contributed by atoms with E-state index in [1.54, 1.807) is 0 Å². The van der Waals surface area contributed by atoms with Gasteiger partial charge in [-0.3, -0.25) is 0 Å². The number of hydrogen-bond donors (Lipinski definition) is 1. The van der Waals surface area contributed by atoms with Crippen molar-refractivity contribution >= 4 is 5.82 Å². The number of nitrogens with zero attached hydrogens (tertiary/aromatic N) is 2. The monoisotopic (exact) mass is 251 g/mol. The second-order valence-corrected chi connectivity index (χ2v) is 4.95. The minimum Gasteiger partial charge on any atom is -0.478 e. The van der Waals surface area contributed by atoms with Crippen molar-refractivity contribution in [1.29, 1.82) is 0 Å². The van der Waals surface area contributed by atoms with Gasteiger partial charge >= 0.3 is 0 Å². The Balaban J connectivity index is 2.51. The number of nitrogens with one attached hydrogen (secondary N) is 1. The minimum atomic E-state index is 0.669. The first-order chi connectivity index (χ1) is 8.61. The van der Waals surface area contributed by atoms with Crippen molar-refractivity contribution in [3.8, 4) is 5.88 Å². The molecule has 4 nitrogen and oxygen atoms in total. The van der Waals surface area contributed by atoms with Gasteiger partial charge in [0.1, 0.15) is 11.6 Å². The van der Waals surface area contributed by atoms with E-state index in [9.17, 15) is 0 Å². The highest BCUT2D eigenvalue weighted by molar-refractivity contribution is 5.38. The Morgan fingerprint density at radius 1 is 1.33 bits per heavy atom. The van der Waals surface area contributed by atoms with Gasteiger partial charge in [-0.25, -0.2) is 4.98 Å². The summed E-state index contributed by atoms with van der Waals surface area (Å²) in [6.45, 7) is 10.1. The Hall–Kier alpha value is -1.32. The van der Waals surface area contributed by atoms with Crippen molar-refractivity contribution in [3.63, 3.8) is 0 Å². The molecule has 0 unspecified atom stereocenters. The predicted octanol–water partition coefficient (Wildman–Crippen LogP) is 3.42. The molecular weight excluding hydrogens is 226 g/mol. The molecule has 0 aliphatic heterocycles. The molecule has 1 heterocycles. The average Bonchev–Trinajstić information content (AvgIpc) is 2.28. The smallest absolute Gasteiger partial charge is 0.218 e. The van der Waals surface area contributed by atoms with E-state index < -0.39 is 0 Å². The highest BCUT2D eigenvalue weighted by Gasteiger charge is 2.03. The average molecular weight is 251 g/mol. The number of anilines is 1. The summed E-state index contributed by atoms with van der Waals surface area (Å²) >= 11 is 0. The lowest BCUT2D eigenvalue weighted by molar-refractivity contribution is 0.296. The van der Waals surface area contributed by atoms with Crippen molar-refractivity contribution in [2.75, 3.05) is 18.5 Å². The van der Waals surface area contributed by atoms with Gasteiger partial charge in [0.15, 0.2) is 0 Å². The summed E-state index contributed by atoms with van der Waals surface area (Å²) in [5.74, 6) is 2.97. The van der Waals surface area contributed by atoms with Crippen LogP contribution in [-0.2, 0) is 0 Å². The molecule has 1 N–H and O–H groups in total. The van der Waals surface area contributed by atoms with Crippen molar-refractivity contribution in [2.24, 2.45) is 5.92 Å². The predicted molar refractivity (Wildman–Crippen MR) is 75.1 cm³/mol. The maximum Gasteiger partial charge on any atom is 0.218 e. The highest BCUT2D eigenvalue weighted by atomic mass is 16.5. The maximum atomic E-state index is 5.60. The zero-order valence-corrected chi connectivity index (χ0v) is 12.0. The van der Waals surface area contributed by atoms with E-state index in [2.05, 4.69) is 36.1 Å². The fourth-order valence-corrected chi connectivity index (χ4v) is 1.51. The highest BCUT2D eigenvalue weighted by Crippen LogP contribution is 2.14. The zero-order chi connectivity index (χ0) is 13.4. The summed E-state index contributed by atoms with van der Waals surface area (Å²) in [6.07, 6.45) is 3.32. The second kappa shape index (κ2) is 7.90. The van der Waals surface area contributed by atoms with Gasteiger partial charge in [-0.1, -0.05) is 27.2 Å². The second-order valence-electron chi connectivity index (χ2n) is 4.95. The first-order valence-electron chi connectivity index (χ1n) is 6.84.